The van der Waals surface area contributed by atoms with Crippen molar-refractivity contribution < 1.29 is 14.6 Å². The molecule has 2 aromatic carbocycles. The maximum Gasteiger partial charge on any atom is 0.407 e. The molecule has 154 valence electrons. The highest BCUT2D eigenvalue weighted by atomic mass is 16.6. The first-order valence-corrected chi connectivity index (χ1v) is 9.77. The third kappa shape index (κ3) is 7.79. The summed E-state index contributed by atoms with van der Waals surface area (Å²) < 4.78 is 5.26. The molecule has 0 spiro atoms. The van der Waals surface area contributed by atoms with E-state index in [2.05, 4.69) is 16.6 Å². The number of ether oxygens (including phenoxy) is 1. The molecule has 5 nitrogen and oxygen atoms in total. The summed E-state index contributed by atoms with van der Waals surface area (Å²) in [5.41, 5.74) is 3.03. The molecule has 1 atom stereocenters. The van der Waals surface area contributed by atoms with Crippen molar-refractivity contribution in [3.8, 4) is 18.1 Å². The standard InChI is InChI=1S/C24H30N2O3/c1-6-18-8-7-9-20(14-18)16-25-21-13-12-19(15-22(21)27)11-10-17(2)26-23(28)29-24(3,4)5/h1,7-9,12-15,17,25,27H,10-11,16H2,2-5H3,(H,26,28). The van der Waals surface area contributed by atoms with Crippen LogP contribution in [0, 0.1) is 12.3 Å². The van der Waals surface area contributed by atoms with Gasteiger partial charge in [-0.2, -0.15) is 0 Å². The van der Waals surface area contributed by atoms with Gasteiger partial charge in [0.25, 0.3) is 0 Å². The lowest BCUT2D eigenvalue weighted by atomic mass is 10.1. The SMILES string of the molecule is C#Cc1cccc(CNc2ccc(CCC(C)NC(=O)OC(C)(C)C)cc2O)c1. The summed E-state index contributed by atoms with van der Waals surface area (Å²) in [5.74, 6) is 2.82. The molecular formula is C24H30N2O3. The van der Waals surface area contributed by atoms with Crippen molar-refractivity contribution in [2.24, 2.45) is 0 Å². The molecule has 3 N–H and O–H groups in total. The number of hydrogen-bond donors (Lipinski definition) is 3. The van der Waals surface area contributed by atoms with Gasteiger partial charge in [-0.1, -0.05) is 24.1 Å². The van der Waals surface area contributed by atoms with Crippen molar-refractivity contribution in [2.45, 2.75) is 58.7 Å². The highest BCUT2D eigenvalue weighted by Gasteiger charge is 2.17. The molecular weight excluding hydrogens is 364 g/mol. The Kier molecular flexibility index (Phi) is 7.55. The Morgan fingerprint density at radius 3 is 2.62 bits per heavy atom. The van der Waals surface area contributed by atoms with Gasteiger partial charge in [-0.25, -0.2) is 4.79 Å². The summed E-state index contributed by atoms with van der Waals surface area (Å²) in [6, 6.07) is 13.3. The van der Waals surface area contributed by atoms with Crippen molar-refractivity contribution in [2.75, 3.05) is 5.32 Å². The second kappa shape index (κ2) is 9.88. The molecule has 0 saturated carbocycles. The van der Waals surface area contributed by atoms with E-state index in [4.69, 9.17) is 11.2 Å². The molecule has 29 heavy (non-hydrogen) atoms. The molecule has 0 fully saturated rings. The molecule has 0 aliphatic carbocycles. The lowest BCUT2D eigenvalue weighted by Crippen LogP contribution is -2.37. The number of amides is 1. The van der Waals surface area contributed by atoms with E-state index >= 15 is 0 Å². The molecule has 0 aliphatic heterocycles. The van der Waals surface area contributed by atoms with Gasteiger partial charge in [0.2, 0.25) is 0 Å². The molecule has 2 aromatic rings. The van der Waals surface area contributed by atoms with Crippen molar-refractivity contribution in [3.05, 3.63) is 59.2 Å². The highest BCUT2D eigenvalue weighted by Crippen LogP contribution is 2.25. The summed E-state index contributed by atoms with van der Waals surface area (Å²) >= 11 is 0. The van der Waals surface area contributed by atoms with Crippen molar-refractivity contribution in [1.82, 2.24) is 5.32 Å². The highest BCUT2D eigenvalue weighted by molar-refractivity contribution is 5.68. The van der Waals surface area contributed by atoms with Gasteiger partial charge < -0.3 is 20.5 Å². The first kappa shape index (κ1) is 22.2. The Morgan fingerprint density at radius 2 is 1.97 bits per heavy atom. The number of alkyl carbamates (subject to hydrolysis) is 1. The van der Waals surface area contributed by atoms with Gasteiger partial charge in [0.1, 0.15) is 11.4 Å². The van der Waals surface area contributed by atoms with Gasteiger partial charge in [-0.15, -0.1) is 6.42 Å². The van der Waals surface area contributed by atoms with Crippen LogP contribution in [0.4, 0.5) is 10.5 Å². The molecule has 0 radical (unpaired) electrons. The summed E-state index contributed by atoms with van der Waals surface area (Å²) in [7, 11) is 0. The maximum absolute atomic E-state index is 11.8. The normalized spacial score (nSPS) is 12.0. The average Bonchev–Trinajstić information content (AvgIpc) is 2.64. The van der Waals surface area contributed by atoms with Gasteiger partial charge in [0.05, 0.1) is 5.69 Å². The fraction of sp³-hybridized carbons (Fsp3) is 0.375. The molecule has 0 saturated heterocycles. The molecule has 5 heteroatoms. The molecule has 1 amide bonds. The number of terminal acetylenes is 1. The van der Waals surface area contributed by atoms with Crippen LogP contribution in [0.25, 0.3) is 0 Å². The number of phenols is 1. The van der Waals surface area contributed by atoms with E-state index in [1.54, 1.807) is 6.07 Å². The van der Waals surface area contributed by atoms with Crippen LogP contribution >= 0.6 is 0 Å². The Morgan fingerprint density at radius 1 is 1.21 bits per heavy atom. The first-order chi connectivity index (χ1) is 13.7. The van der Waals surface area contributed by atoms with Crippen LogP contribution in [0.5, 0.6) is 5.75 Å². The smallest absolute Gasteiger partial charge is 0.407 e. The predicted octanol–water partition coefficient (Wildman–Crippen LogP) is 4.83. The average molecular weight is 395 g/mol. The fourth-order valence-corrected chi connectivity index (χ4v) is 2.81. The van der Waals surface area contributed by atoms with E-state index in [1.165, 1.54) is 0 Å². The number of benzene rings is 2. The van der Waals surface area contributed by atoms with Crippen LogP contribution in [-0.2, 0) is 17.7 Å². The lowest BCUT2D eigenvalue weighted by Gasteiger charge is -2.22. The third-order valence-electron chi connectivity index (χ3n) is 4.27. The number of carbonyl (C=O) groups excluding carboxylic acids is 1. The molecule has 0 heterocycles. The minimum Gasteiger partial charge on any atom is -0.506 e. The molecule has 0 aromatic heterocycles. The van der Waals surface area contributed by atoms with Crippen LogP contribution in [0.1, 0.15) is 50.8 Å². The Balaban J connectivity index is 1.85. The van der Waals surface area contributed by atoms with E-state index in [0.717, 1.165) is 29.5 Å². The molecule has 0 aliphatic rings. The number of hydrogen-bond acceptors (Lipinski definition) is 4. The lowest BCUT2D eigenvalue weighted by molar-refractivity contribution is 0.0506. The Hall–Kier alpha value is -3.13. The van der Waals surface area contributed by atoms with Crippen LogP contribution in [0.15, 0.2) is 42.5 Å². The second-order valence-corrected chi connectivity index (χ2v) is 8.14. The predicted molar refractivity (Wildman–Crippen MR) is 117 cm³/mol. The number of aryl methyl sites for hydroxylation is 1. The topological polar surface area (TPSA) is 70.6 Å². The molecule has 2 rings (SSSR count). The zero-order valence-electron chi connectivity index (χ0n) is 17.6. The summed E-state index contributed by atoms with van der Waals surface area (Å²) in [6.07, 6.45) is 6.49. The van der Waals surface area contributed by atoms with Gasteiger partial charge in [-0.05, 0) is 75.9 Å². The quantitative estimate of drug-likeness (QED) is 0.465. The Bertz CT molecular complexity index is 878. The summed E-state index contributed by atoms with van der Waals surface area (Å²) in [6.45, 7) is 8.01. The van der Waals surface area contributed by atoms with E-state index in [1.807, 2.05) is 64.1 Å². The van der Waals surface area contributed by atoms with E-state index in [9.17, 15) is 9.90 Å². The van der Waals surface area contributed by atoms with E-state index in [0.29, 0.717) is 12.2 Å². The number of rotatable bonds is 7. The second-order valence-electron chi connectivity index (χ2n) is 8.14. The van der Waals surface area contributed by atoms with Crippen molar-refractivity contribution >= 4 is 11.8 Å². The minimum absolute atomic E-state index is 0.0341. The van der Waals surface area contributed by atoms with Gasteiger partial charge in [-0.3, -0.25) is 0 Å². The monoisotopic (exact) mass is 394 g/mol. The number of aromatic hydroxyl groups is 1. The zero-order chi connectivity index (χ0) is 21.4. The number of carbonyl (C=O) groups is 1. The zero-order valence-corrected chi connectivity index (χ0v) is 17.6. The van der Waals surface area contributed by atoms with Gasteiger partial charge in [0, 0.05) is 18.2 Å². The van der Waals surface area contributed by atoms with E-state index in [-0.39, 0.29) is 11.8 Å². The summed E-state index contributed by atoms with van der Waals surface area (Å²) in [4.78, 5) is 11.8. The van der Waals surface area contributed by atoms with Crippen LogP contribution < -0.4 is 10.6 Å². The molecule has 0 bridgehead atoms. The van der Waals surface area contributed by atoms with E-state index < -0.39 is 11.7 Å². The van der Waals surface area contributed by atoms with Crippen molar-refractivity contribution in [1.29, 1.82) is 0 Å². The van der Waals surface area contributed by atoms with Crippen molar-refractivity contribution in [3.63, 3.8) is 0 Å². The summed E-state index contributed by atoms with van der Waals surface area (Å²) in [5, 5.41) is 16.4. The fourth-order valence-electron chi connectivity index (χ4n) is 2.81. The Labute approximate surface area is 173 Å². The number of phenolic OH excluding ortho intramolecular Hbond substituents is 1. The first-order valence-electron chi connectivity index (χ1n) is 9.77. The van der Waals surface area contributed by atoms with Crippen LogP contribution in [0.3, 0.4) is 0 Å². The number of nitrogens with one attached hydrogen (secondary N) is 2. The van der Waals surface area contributed by atoms with Gasteiger partial charge in [0.15, 0.2) is 0 Å². The van der Waals surface area contributed by atoms with Gasteiger partial charge >= 0.3 is 6.09 Å². The van der Waals surface area contributed by atoms with Crippen LogP contribution in [0.2, 0.25) is 0 Å². The van der Waals surface area contributed by atoms with Crippen LogP contribution in [-0.4, -0.2) is 22.8 Å². The maximum atomic E-state index is 11.8. The minimum atomic E-state index is -0.513. The third-order valence-corrected chi connectivity index (χ3v) is 4.27. The largest absolute Gasteiger partial charge is 0.506 e. The number of anilines is 1. The molecule has 1 unspecified atom stereocenters.